The number of methoxy groups -OCH3 is 1. The fourth-order valence-corrected chi connectivity index (χ4v) is 6.23. The molecule has 1 saturated carbocycles. The topological polar surface area (TPSA) is 103 Å². The van der Waals surface area contributed by atoms with Crippen molar-refractivity contribution in [3.63, 3.8) is 0 Å². The summed E-state index contributed by atoms with van der Waals surface area (Å²) in [5.74, 6) is 0.818. The van der Waals surface area contributed by atoms with Crippen LogP contribution >= 0.6 is 11.3 Å². The van der Waals surface area contributed by atoms with E-state index in [1.807, 2.05) is 50.2 Å². The van der Waals surface area contributed by atoms with Crippen molar-refractivity contribution in [2.24, 2.45) is 11.8 Å². The molecule has 0 atom stereocenters. The minimum Gasteiger partial charge on any atom is -0.465 e. The SMILES string of the molecule is COC(=O)c1sc(-c2ccc(-c3cc4nccc(N)n4n3)cc2)cc1N(C(=O)[C@H]1CC[C@H](C)CC1)C(C)C. The third kappa shape index (κ3) is 4.90. The van der Waals surface area contributed by atoms with Crippen molar-refractivity contribution < 1.29 is 14.3 Å². The fraction of sp³-hybridized carbons (Fsp3) is 0.379. The third-order valence-corrected chi connectivity index (χ3v) is 8.47. The molecule has 8 nitrogen and oxygen atoms in total. The van der Waals surface area contributed by atoms with Gasteiger partial charge in [0, 0.05) is 34.7 Å². The number of carbonyl (C=O) groups is 2. The van der Waals surface area contributed by atoms with Crippen LogP contribution in [0.15, 0.2) is 48.7 Å². The number of nitrogens with two attached hydrogens (primary N) is 1. The van der Waals surface area contributed by atoms with Crippen LogP contribution in [-0.2, 0) is 9.53 Å². The number of nitrogen functional groups attached to an aromatic ring is 1. The van der Waals surface area contributed by atoms with Gasteiger partial charge < -0.3 is 15.4 Å². The molecule has 3 heterocycles. The number of hydrogen-bond donors (Lipinski definition) is 1. The maximum absolute atomic E-state index is 13.7. The zero-order valence-electron chi connectivity index (χ0n) is 22.2. The third-order valence-electron chi connectivity index (χ3n) is 7.31. The van der Waals surface area contributed by atoms with Gasteiger partial charge in [0.15, 0.2) is 5.65 Å². The van der Waals surface area contributed by atoms with Crippen molar-refractivity contribution in [1.82, 2.24) is 14.6 Å². The molecule has 2 N–H and O–H groups in total. The van der Waals surface area contributed by atoms with E-state index in [1.165, 1.54) is 18.4 Å². The number of fused-ring (bicyclic) bond motifs is 1. The van der Waals surface area contributed by atoms with Crippen molar-refractivity contribution in [2.45, 2.75) is 52.5 Å². The molecule has 1 amide bonds. The highest BCUT2D eigenvalue weighted by Crippen LogP contribution is 2.40. The Morgan fingerprint density at radius 3 is 2.39 bits per heavy atom. The first-order valence-corrected chi connectivity index (χ1v) is 13.8. The molecule has 9 heteroatoms. The van der Waals surface area contributed by atoms with Gasteiger partial charge in [-0.2, -0.15) is 9.61 Å². The molecule has 0 unspecified atom stereocenters. The normalized spacial score (nSPS) is 17.6. The van der Waals surface area contributed by atoms with Crippen LogP contribution in [0.4, 0.5) is 11.5 Å². The molecule has 0 aliphatic heterocycles. The van der Waals surface area contributed by atoms with Crippen molar-refractivity contribution >= 4 is 40.4 Å². The van der Waals surface area contributed by atoms with Crippen LogP contribution < -0.4 is 10.6 Å². The molecule has 0 radical (unpaired) electrons. The summed E-state index contributed by atoms with van der Waals surface area (Å²) in [5.41, 5.74) is 9.96. The summed E-state index contributed by atoms with van der Waals surface area (Å²) >= 11 is 1.35. The predicted molar refractivity (Wildman–Crippen MR) is 151 cm³/mol. The van der Waals surface area contributed by atoms with E-state index in [0.717, 1.165) is 47.4 Å². The molecule has 198 valence electrons. The number of hydrogen-bond acceptors (Lipinski definition) is 7. The van der Waals surface area contributed by atoms with Gasteiger partial charge in [-0.15, -0.1) is 11.3 Å². The molecule has 5 rings (SSSR count). The largest absolute Gasteiger partial charge is 0.465 e. The molecular weight excluding hydrogens is 498 g/mol. The maximum atomic E-state index is 13.7. The Morgan fingerprint density at radius 1 is 1.08 bits per heavy atom. The lowest BCUT2D eigenvalue weighted by molar-refractivity contribution is -0.123. The summed E-state index contributed by atoms with van der Waals surface area (Å²) in [7, 11) is 1.38. The van der Waals surface area contributed by atoms with Crippen LogP contribution in [0.25, 0.3) is 27.3 Å². The molecule has 0 spiro atoms. The standard InChI is InChI=1S/C29H33N5O3S/c1-17(2)33(28(35)21-7-5-18(3)6-8-21)23-16-24(38-27(23)29(36)37-4)20-11-9-19(10-12-20)22-15-26-31-14-13-25(30)34(26)32-22/h9-18,21H,5-8,30H2,1-4H3/t18-,21-. The lowest BCUT2D eigenvalue weighted by Gasteiger charge is -2.33. The summed E-state index contributed by atoms with van der Waals surface area (Å²) < 4.78 is 6.73. The van der Waals surface area contributed by atoms with Crippen LogP contribution in [-0.4, -0.2) is 39.6 Å². The van der Waals surface area contributed by atoms with E-state index in [-0.39, 0.29) is 17.9 Å². The first kappa shape index (κ1) is 25.9. The molecule has 1 fully saturated rings. The Labute approximate surface area is 226 Å². The van der Waals surface area contributed by atoms with Crippen LogP contribution in [0.1, 0.15) is 56.1 Å². The average Bonchev–Trinajstić information content (AvgIpc) is 3.55. The summed E-state index contributed by atoms with van der Waals surface area (Å²) in [5, 5.41) is 4.57. The Balaban J connectivity index is 1.48. The lowest BCUT2D eigenvalue weighted by Crippen LogP contribution is -2.42. The summed E-state index contributed by atoms with van der Waals surface area (Å²) in [4.78, 5) is 34.0. The molecule has 4 aromatic rings. The summed E-state index contributed by atoms with van der Waals surface area (Å²) in [6.45, 7) is 6.23. The monoisotopic (exact) mass is 531 g/mol. The number of aromatic nitrogens is 3. The zero-order valence-corrected chi connectivity index (χ0v) is 23.0. The number of benzene rings is 1. The van der Waals surface area contributed by atoms with Crippen molar-refractivity contribution in [2.75, 3.05) is 17.7 Å². The van der Waals surface area contributed by atoms with Gasteiger partial charge in [0.1, 0.15) is 10.7 Å². The first-order valence-electron chi connectivity index (χ1n) is 13.0. The summed E-state index contributed by atoms with van der Waals surface area (Å²) in [6, 6.07) is 13.4. The van der Waals surface area contributed by atoms with E-state index in [9.17, 15) is 9.59 Å². The smallest absolute Gasteiger partial charge is 0.350 e. The van der Waals surface area contributed by atoms with E-state index >= 15 is 0 Å². The second kappa shape index (κ2) is 10.6. The van der Waals surface area contributed by atoms with Crippen LogP contribution in [0.5, 0.6) is 0 Å². The van der Waals surface area contributed by atoms with Crippen molar-refractivity contribution in [1.29, 1.82) is 0 Å². The Hall–Kier alpha value is -3.72. The number of esters is 1. The Bertz CT molecular complexity index is 1470. The van der Waals surface area contributed by atoms with E-state index in [0.29, 0.717) is 27.9 Å². The molecular formula is C29H33N5O3S. The van der Waals surface area contributed by atoms with Gasteiger partial charge in [0.2, 0.25) is 5.91 Å². The van der Waals surface area contributed by atoms with Gasteiger partial charge in [-0.05, 0) is 63.1 Å². The lowest BCUT2D eigenvalue weighted by atomic mass is 9.82. The van der Waals surface area contributed by atoms with Gasteiger partial charge in [-0.25, -0.2) is 9.78 Å². The molecule has 1 aliphatic carbocycles. The second-order valence-electron chi connectivity index (χ2n) is 10.3. The molecule has 3 aromatic heterocycles. The average molecular weight is 532 g/mol. The van der Waals surface area contributed by atoms with Gasteiger partial charge in [-0.1, -0.05) is 31.2 Å². The number of carbonyl (C=O) groups excluding carboxylic acids is 2. The number of anilines is 2. The quantitative estimate of drug-likeness (QED) is 0.303. The molecule has 38 heavy (non-hydrogen) atoms. The van der Waals surface area contributed by atoms with Crippen LogP contribution in [0.2, 0.25) is 0 Å². The van der Waals surface area contributed by atoms with E-state index in [2.05, 4.69) is 17.0 Å². The minimum absolute atomic E-state index is 0.0179. The molecule has 0 bridgehead atoms. The van der Waals surface area contributed by atoms with Gasteiger partial charge in [0.05, 0.1) is 18.5 Å². The molecule has 1 aliphatic rings. The van der Waals surface area contributed by atoms with Gasteiger partial charge in [-0.3, -0.25) is 4.79 Å². The van der Waals surface area contributed by atoms with Crippen LogP contribution in [0.3, 0.4) is 0 Å². The highest BCUT2D eigenvalue weighted by molar-refractivity contribution is 7.18. The highest BCUT2D eigenvalue weighted by Gasteiger charge is 2.33. The van der Waals surface area contributed by atoms with Gasteiger partial charge in [0.25, 0.3) is 0 Å². The summed E-state index contributed by atoms with van der Waals surface area (Å²) in [6.07, 6.45) is 5.55. The minimum atomic E-state index is -0.432. The first-order chi connectivity index (χ1) is 18.3. The van der Waals surface area contributed by atoms with E-state index < -0.39 is 5.97 Å². The molecule has 1 aromatic carbocycles. The van der Waals surface area contributed by atoms with Crippen molar-refractivity contribution in [3.8, 4) is 21.7 Å². The van der Waals surface area contributed by atoms with Crippen LogP contribution in [0, 0.1) is 11.8 Å². The number of rotatable bonds is 6. The molecule has 0 saturated heterocycles. The van der Waals surface area contributed by atoms with E-state index in [1.54, 1.807) is 21.7 Å². The second-order valence-corrected chi connectivity index (χ2v) is 11.4. The van der Waals surface area contributed by atoms with E-state index in [4.69, 9.17) is 10.5 Å². The highest BCUT2D eigenvalue weighted by atomic mass is 32.1. The zero-order chi connectivity index (χ0) is 27.0. The number of ether oxygens (including phenoxy) is 1. The predicted octanol–water partition coefficient (Wildman–Crippen LogP) is 6.06. The Morgan fingerprint density at radius 2 is 1.76 bits per heavy atom. The Kier molecular flexibility index (Phi) is 7.21. The maximum Gasteiger partial charge on any atom is 0.350 e. The van der Waals surface area contributed by atoms with Crippen molar-refractivity contribution in [3.05, 3.63) is 53.5 Å². The number of thiophene rings is 1. The fourth-order valence-electron chi connectivity index (χ4n) is 5.16. The number of nitrogens with zero attached hydrogens (tertiary/aromatic N) is 4. The van der Waals surface area contributed by atoms with Gasteiger partial charge >= 0.3 is 5.97 Å². The number of amides is 1.